The molecule has 2 heteroatoms. The van der Waals surface area contributed by atoms with Crippen LogP contribution in [0.4, 0.5) is 0 Å². The van der Waals surface area contributed by atoms with Crippen molar-refractivity contribution >= 4 is 15.9 Å². The maximum atomic E-state index is 5.51. The molecule has 2 atom stereocenters. The highest BCUT2D eigenvalue weighted by molar-refractivity contribution is 9.11. The minimum atomic E-state index is 0.271. The summed E-state index contributed by atoms with van der Waals surface area (Å²) in [7, 11) is 0. The van der Waals surface area contributed by atoms with E-state index in [1.54, 1.807) is 17.3 Å². The molecule has 0 bridgehead atoms. The normalized spacial score (nSPS) is 22.5. The number of fused-ring (bicyclic) bond motifs is 6. The van der Waals surface area contributed by atoms with Crippen molar-refractivity contribution < 1.29 is 0 Å². The van der Waals surface area contributed by atoms with Crippen LogP contribution in [0.1, 0.15) is 74.6 Å². The van der Waals surface area contributed by atoms with E-state index in [2.05, 4.69) is 86.1 Å². The van der Waals surface area contributed by atoms with E-state index in [1.807, 2.05) is 6.08 Å². The third-order valence-electron chi connectivity index (χ3n) is 6.32. The summed E-state index contributed by atoms with van der Waals surface area (Å²) in [5, 5.41) is 0. The molecule has 4 rings (SSSR count). The van der Waals surface area contributed by atoms with Gasteiger partial charge in [-0.1, -0.05) is 87.7 Å². The maximum absolute atomic E-state index is 5.51. The summed E-state index contributed by atoms with van der Waals surface area (Å²) in [6.45, 7) is 8.95. The predicted molar refractivity (Wildman–Crippen MR) is 131 cm³/mol. The van der Waals surface area contributed by atoms with Gasteiger partial charge in [-0.2, -0.15) is 0 Å². The lowest BCUT2D eigenvalue weighted by molar-refractivity contribution is 0.426. The van der Waals surface area contributed by atoms with Crippen molar-refractivity contribution in [2.75, 3.05) is 0 Å². The molecule has 2 aliphatic rings. The lowest BCUT2D eigenvalue weighted by Crippen LogP contribution is -2.30. The molecule has 2 aliphatic carbocycles. The Morgan fingerprint density at radius 1 is 1.17 bits per heavy atom. The fraction of sp³-hybridized carbons (Fsp3) is 0.407. The molecule has 1 unspecified atom stereocenters. The molecule has 0 aromatic heterocycles. The Hall–Kier alpha value is -1.80. The Morgan fingerprint density at radius 3 is 2.62 bits per heavy atom. The second kappa shape index (κ2) is 9.34. The molecule has 0 spiro atoms. The van der Waals surface area contributed by atoms with Crippen LogP contribution in [-0.2, 0) is 11.8 Å². The topological polar surface area (TPSA) is 26.0 Å². The van der Waals surface area contributed by atoms with Gasteiger partial charge in [-0.05, 0) is 81.3 Å². The van der Waals surface area contributed by atoms with E-state index in [0.717, 1.165) is 10.9 Å². The molecule has 0 heterocycles. The van der Waals surface area contributed by atoms with Crippen LogP contribution in [-0.4, -0.2) is 0 Å². The van der Waals surface area contributed by atoms with E-state index in [9.17, 15) is 0 Å². The smallest absolute Gasteiger partial charge is 0.0326 e. The van der Waals surface area contributed by atoms with Crippen molar-refractivity contribution in [1.82, 2.24) is 0 Å². The first-order valence-corrected chi connectivity index (χ1v) is 11.7. The van der Waals surface area contributed by atoms with Gasteiger partial charge in [0.25, 0.3) is 0 Å². The summed E-state index contributed by atoms with van der Waals surface area (Å²) in [6.07, 6.45) is 11.9. The van der Waals surface area contributed by atoms with E-state index in [-0.39, 0.29) is 5.41 Å². The van der Waals surface area contributed by atoms with Crippen molar-refractivity contribution in [3.05, 3.63) is 81.5 Å². The molecule has 154 valence electrons. The van der Waals surface area contributed by atoms with Gasteiger partial charge in [-0.25, -0.2) is 0 Å². The molecule has 0 aliphatic heterocycles. The second-order valence-corrected chi connectivity index (χ2v) is 9.61. The van der Waals surface area contributed by atoms with Crippen LogP contribution < -0.4 is 5.73 Å². The average molecular weight is 452 g/mol. The highest BCUT2D eigenvalue weighted by atomic mass is 79.9. The van der Waals surface area contributed by atoms with Crippen molar-refractivity contribution in [1.29, 1.82) is 0 Å². The summed E-state index contributed by atoms with van der Waals surface area (Å²) in [5.41, 5.74) is 14.6. The van der Waals surface area contributed by atoms with Crippen molar-refractivity contribution in [2.24, 2.45) is 5.73 Å². The van der Waals surface area contributed by atoms with Crippen LogP contribution in [0, 0.1) is 6.92 Å². The van der Waals surface area contributed by atoms with E-state index in [0.29, 0.717) is 5.92 Å². The van der Waals surface area contributed by atoms with E-state index in [1.165, 1.54) is 47.9 Å². The largest absolute Gasteiger partial charge is 0.404 e. The fourth-order valence-corrected chi connectivity index (χ4v) is 5.18. The summed E-state index contributed by atoms with van der Waals surface area (Å²) in [4.78, 5) is 0. The first-order valence-electron chi connectivity index (χ1n) is 10.9. The molecule has 0 saturated heterocycles. The molecular formula is C27H34BrN. The molecule has 1 nitrogen and oxygen atoms in total. The van der Waals surface area contributed by atoms with Crippen LogP contribution in [0.2, 0.25) is 0 Å². The number of rotatable bonds is 3. The van der Waals surface area contributed by atoms with E-state index >= 15 is 0 Å². The van der Waals surface area contributed by atoms with Crippen LogP contribution >= 0.6 is 15.9 Å². The first kappa shape index (κ1) is 21.9. The molecule has 1 saturated carbocycles. The number of nitrogens with two attached hydrogens (primary N) is 1. The number of benzene rings is 2. The second-order valence-electron chi connectivity index (χ2n) is 8.70. The Labute approximate surface area is 185 Å². The van der Waals surface area contributed by atoms with Crippen LogP contribution in [0.15, 0.2) is 59.2 Å². The minimum absolute atomic E-state index is 0.271. The molecule has 2 N–H and O–H groups in total. The van der Waals surface area contributed by atoms with Crippen LogP contribution in [0.5, 0.6) is 0 Å². The van der Waals surface area contributed by atoms with Gasteiger partial charge < -0.3 is 5.73 Å². The Bertz CT molecular complexity index is 924. The Balaban J connectivity index is 0.000000755. The number of allylic oxidation sites excluding steroid dienone is 3. The van der Waals surface area contributed by atoms with Gasteiger partial charge in [-0.3, -0.25) is 0 Å². The third-order valence-corrected chi connectivity index (χ3v) is 6.85. The molecular weight excluding hydrogens is 418 g/mol. The molecule has 2 aromatic rings. The third kappa shape index (κ3) is 4.38. The van der Waals surface area contributed by atoms with E-state index < -0.39 is 0 Å². The quantitative estimate of drug-likeness (QED) is 0.471. The van der Waals surface area contributed by atoms with Gasteiger partial charge >= 0.3 is 0 Å². The standard InChI is InChI=1S/C24H26BrN.C3H8/c1-16-8-10-19-20-11-9-17(5-3-6-18(25)15-26)14-23(20)24(2)12-4-7-22(24)21(19)13-16;1-3-2/h3,6,8-11,13-15,22H,4-5,7,12,26H2,1-2H3;3H2,1-2H3/b6-3-,18-15+;/t22?,24-;/m1./s1. The van der Waals surface area contributed by atoms with Gasteiger partial charge in [0.2, 0.25) is 0 Å². The van der Waals surface area contributed by atoms with Crippen LogP contribution in [0.25, 0.3) is 11.1 Å². The fourth-order valence-electron chi connectivity index (χ4n) is 4.99. The highest BCUT2D eigenvalue weighted by Crippen LogP contribution is 2.58. The van der Waals surface area contributed by atoms with Gasteiger partial charge in [0.05, 0.1) is 0 Å². The highest BCUT2D eigenvalue weighted by Gasteiger charge is 2.46. The summed E-state index contributed by atoms with van der Waals surface area (Å²) < 4.78 is 0.919. The molecule has 0 amide bonds. The summed E-state index contributed by atoms with van der Waals surface area (Å²) in [5.74, 6) is 0.657. The summed E-state index contributed by atoms with van der Waals surface area (Å²) in [6, 6.07) is 14.1. The predicted octanol–water partition coefficient (Wildman–Crippen LogP) is 7.91. The maximum Gasteiger partial charge on any atom is 0.0326 e. The first-order chi connectivity index (χ1) is 13.9. The SMILES string of the molecule is CCC.Cc1ccc2c(c1)C1CCC[C@@]1(C)c1cc(C/C=C\C(Br)=C/N)ccc1-2. The zero-order valence-electron chi connectivity index (χ0n) is 18.3. The zero-order chi connectivity index (χ0) is 21.0. The number of aryl methyl sites for hydroxylation is 1. The summed E-state index contributed by atoms with van der Waals surface area (Å²) >= 11 is 3.43. The van der Waals surface area contributed by atoms with Crippen molar-refractivity contribution in [2.45, 2.75) is 71.1 Å². The monoisotopic (exact) mass is 451 g/mol. The number of hydrogen-bond acceptors (Lipinski definition) is 1. The molecule has 0 radical (unpaired) electrons. The van der Waals surface area contributed by atoms with Gasteiger partial charge in [0, 0.05) is 10.7 Å². The average Bonchev–Trinajstić information content (AvgIpc) is 3.11. The number of hydrogen-bond donors (Lipinski definition) is 1. The lowest BCUT2D eigenvalue weighted by Gasteiger charge is -2.40. The van der Waals surface area contributed by atoms with Gasteiger partial charge in [-0.15, -0.1) is 0 Å². The molecule has 29 heavy (non-hydrogen) atoms. The Kier molecular flexibility index (Phi) is 7.05. The van der Waals surface area contributed by atoms with Crippen molar-refractivity contribution in [3.8, 4) is 11.1 Å². The zero-order valence-corrected chi connectivity index (χ0v) is 19.9. The lowest BCUT2D eigenvalue weighted by atomic mass is 9.63. The molecule has 1 fully saturated rings. The van der Waals surface area contributed by atoms with Gasteiger partial charge in [0.15, 0.2) is 0 Å². The molecule has 2 aromatic carbocycles. The minimum Gasteiger partial charge on any atom is -0.404 e. The van der Waals surface area contributed by atoms with Gasteiger partial charge in [0.1, 0.15) is 0 Å². The van der Waals surface area contributed by atoms with E-state index in [4.69, 9.17) is 5.73 Å². The van der Waals surface area contributed by atoms with Crippen molar-refractivity contribution in [3.63, 3.8) is 0 Å². The number of halogens is 1. The Morgan fingerprint density at radius 2 is 1.90 bits per heavy atom. The van der Waals surface area contributed by atoms with Crippen LogP contribution in [0.3, 0.4) is 0 Å².